The summed E-state index contributed by atoms with van der Waals surface area (Å²) in [6, 6.07) is 12.3. The van der Waals surface area contributed by atoms with Crippen LogP contribution < -0.4 is 31.4 Å². The Morgan fingerprint density at radius 1 is 1.07 bits per heavy atom. The monoisotopic (exact) mass is 458 g/mol. The molecule has 1 aromatic heterocycles. The van der Waals surface area contributed by atoms with Crippen LogP contribution in [0.1, 0.15) is 10.4 Å². The van der Waals surface area contributed by atoms with Gasteiger partial charge in [0.1, 0.15) is 23.5 Å². The van der Waals surface area contributed by atoms with Crippen molar-refractivity contribution in [2.24, 2.45) is 0 Å². The summed E-state index contributed by atoms with van der Waals surface area (Å²) in [6.07, 6.45) is 1.32. The third-order valence-electron chi connectivity index (χ3n) is 3.96. The third kappa shape index (κ3) is 4.66. The Morgan fingerprint density at radius 3 is 2.55 bits per heavy atom. The van der Waals surface area contributed by atoms with E-state index in [1.54, 1.807) is 50.6 Å². The molecule has 0 atom stereocenters. The van der Waals surface area contributed by atoms with Gasteiger partial charge in [-0.05, 0) is 40.2 Å². The number of carbonyl (C=O) groups is 1. The van der Waals surface area contributed by atoms with Crippen LogP contribution in [0.15, 0.2) is 53.3 Å². The fraction of sp³-hybridized carbons (Fsp3) is 0.105. The van der Waals surface area contributed by atoms with Crippen molar-refractivity contribution in [3.63, 3.8) is 0 Å². The first-order valence-corrected chi connectivity index (χ1v) is 9.23. The van der Waals surface area contributed by atoms with Crippen LogP contribution in [0.5, 0.6) is 11.5 Å². The quantitative estimate of drug-likeness (QED) is 0.397. The number of nitrogens with one attached hydrogen (secondary N) is 3. The Balaban J connectivity index is 1.76. The van der Waals surface area contributed by atoms with E-state index < -0.39 is 0 Å². The van der Waals surface area contributed by atoms with Crippen LogP contribution in [0.4, 0.5) is 23.0 Å². The SMILES string of the molecule is COc1ccc(Nc2ncnc(NNC(=O)c3ccccc3Br)c2N)c(OC)c1. The molecule has 0 saturated heterocycles. The topological polar surface area (TPSA) is 123 Å². The number of nitrogen functional groups attached to an aromatic ring is 1. The molecule has 0 aliphatic rings. The Kier molecular flexibility index (Phi) is 6.35. The van der Waals surface area contributed by atoms with Gasteiger partial charge in [-0.15, -0.1) is 0 Å². The number of hydrazine groups is 1. The predicted octanol–water partition coefficient (Wildman–Crippen LogP) is 3.34. The van der Waals surface area contributed by atoms with Crippen LogP contribution in [0.25, 0.3) is 0 Å². The number of nitrogens with two attached hydrogens (primary N) is 1. The summed E-state index contributed by atoms with van der Waals surface area (Å²) in [7, 11) is 3.12. The van der Waals surface area contributed by atoms with Gasteiger partial charge >= 0.3 is 0 Å². The molecule has 9 nitrogen and oxygen atoms in total. The van der Waals surface area contributed by atoms with E-state index in [2.05, 4.69) is 42.1 Å². The number of ether oxygens (including phenoxy) is 2. The van der Waals surface area contributed by atoms with Gasteiger partial charge in [0.2, 0.25) is 0 Å². The van der Waals surface area contributed by atoms with Gasteiger partial charge in [0.15, 0.2) is 11.6 Å². The minimum Gasteiger partial charge on any atom is -0.497 e. The molecule has 1 amide bonds. The van der Waals surface area contributed by atoms with Crippen LogP contribution in [-0.2, 0) is 0 Å². The number of amides is 1. The summed E-state index contributed by atoms with van der Waals surface area (Å²) in [5.41, 5.74) is 12.8. The van der Waals surface area contributed by atoms with E-state index in [1.165, 1.54) is 6.33 Å². The summed E-state index contributed by atoms with van der Waals surface area (Å²) in [6.45, 7) is 0. The number of benzene rings is 2. The van der Waals surface area contributed by atoms with Crippen molar-refractivity contribution in [2.45, 2.75) is 0 Å². The number of hydrogen-bond donors (Lipinski definition) is 4. The molecule has 0 aliphatic carbocycles. The maximum absolute atomic E-state index is 12.3. The number of nitrogens with zero attached hydrogens (tertiary/aromatic N) is 2. The van der Waals surface area contributed by atoms with Gasteiger partial charge in [-0.2, -0.15) is 0 Å². The Labute approximate surface area is 175 Å². The van der Waals surface area contributed by atoms with Crippen molar-refractivity contribution < 1.29 is 14.3 Å². The standard InChI is InChI=1S/C19H19BrN6O3/c1-28-11-7-8-14(15(9-11)29-2)24-17-16(21)18(23-10-22-17)25-26-19(27)12-5-3-4-6-13(12)20/h3-10H,21H2,1-2H3,(H,26,27)(H2,22,23,24,25). The first-order valence-electron chi connectivity index (χ1n) is 8.44. The molecular formula is C19H19BrN6O3. The molecule has 3 aromatic rings. The van der Waals surface area contributed by atoms with Crippen molar-refractivity contribution >= 4 is 44.8 Å². The molecular weight excluding hydrogens is 440 g/mol. The zero-order valence-corrected chi connectivity index (χ0v) is 17.3. The lowest BCUT2D eigenvalue weighted by Crippen LogP contribution is -2.30. The lowest BCUT2D eigenvalue weighted by molar-refractivity contribution is 0.0961. The molecule has 0 bridgehead atoms. The summed E-state index contributed by atoms with van der Waals surface area (Å²) >= 11 is 3.34. The third-order valence-corrected chi connectivity index (χ3v) is 4.65. The number of aromatic nitrogens is 2. The first-order chi connectivity index (χ1) is 14.0. The highest BCUT2D eigenvalue weighted by molar-refractivity contribution is 9.10. The number of halogens is 1. The second-order valence-electron chi connectivity index (χ2n) is 5.73. The van der Waals surface area contributed by atoms with Crippen molar-refractivity contribution in [1.29, 1.82) is 0 Å². The highest BCUT2D eigenvalue weighted by Gasteiger charge is 2.13. The summed E-state index contributed by atoms with van der Waals surface area (Å²) in [5, 5.41) is 3.10. The summed E-state index contributed by atoms with van der Waals surface area (Å²) in [4.78, 5) is 20.6. The molecule has 0 spiro atoms. The van der Waals surface area contributed by atoms with Crippen molar-refractivity contribution in [1.82, 2.24) is 15.4 Å². The molecule has 2 aromatic carbocycles. The van der Waals surface area contributed by atoms with E-state index in [0.717, 1.165) is 0 Å². The number of methoxy groups -OCH3 is 2. The van der Waals surface area contributed by atoms with E-state index in [1.807, 2.05) is 6.07 Å². The fourth-order valence-electron chi connectivity index (χ4n) is 2.45. The van der Waals surface area contributed by atoms with Crippen LogP contribution >= 0.6 is 15.9 Å². The Hall–Kier alpha value is -3.53. The number of hydrogen-bond acceptors (Lipinski definition) is 8. The van der Waals surface area contributed by atoms with E-state index in [-0.39, 0.29) is 17.4 Å². The van der Waals surface area contributed by atoms with Crippen molar-refractivity contribution in [3.8, 4) is 11.5 Å². The van der Waals surface area contributed by atoms with E-state index in [9.17, 15) is 4.79 Å². The maximum Gasteiger partial charge on any atom is 0.270 e. The minimum absolute atomic E-state index is 0.220. The number of rotatable bonds is 7. The molecule has 0 radical (unpaired) electrons. The summed E-state index contributed by atoms with van der Waals surface area (Å²) < 4.78 is 11.2. The van der Waals surface area contributed by atoms with E-state index >= 15 is 0 Å². The molecule has 29 heavy (non-hydrogen) atoms. The van der Waals surface area contributed by atoms with Gasteiger partial charge in [0, 0.05) is 10.5 Å². The zero-order chi connectivity index (χ0) is 20.8. The van der Waals surface area contributed by atoms with Crippen LogP contribution in [-0.4, -0.2) is 30.1 Å². The average molecular weight is 459 g/mol. The summed E-state index contributed by atoms with van der Waals surface area (Å²) in [5.74, 6) is 1.46. The van der Waals surface area contributed by atoms with Gasteiger partial charge in [-0.3, -0.25) is 15.6 Å². The lowest BCUT2D eigenvalue weighted by Gasteiger charge is -2.15. The van der Waals surface area contributed by atoms with Crippen molar-refractivity contribution in [2.75, 3.05) is 30.7 Å². The molecule has 1 heterocycles. The van der Waals surface area contributed by atoms with Gasteiger partial charge in [0.25, 0.3) is 5.91 Å². The zero-order valence-electron chi connectivity index (χ0n) is 15.7. The van der Waals surface area contributed by atoms with Crippen LogP contribution in [0.3, 0.4) is 0 Å². The van der Waals surface area contributed by atoms with Crippen LogP contribution in [0.2, 0.25) is 0 Å². The largest absolute Gasteiger partial charge is 0.497 e. The predicted molar refractivity (Wildman–Crippen MR) is 115 cm³/mol. The van der Waals surface area contributed by atoms with Crippen LogP contribution in [0, 0.1) is 0 Å². The van der Waals surface area contributed by atoms with E-state index in [0.29, 0.717) is 33.0 Å². The molecule has 0 unspecified atom stereocenters. The fourth-order valence-corrected chi connectivity index (χ4v) is 2.92. The maximum atomic E-state index is 12.3. The molecule has 150 valence electrons. The van der Waals surface area contributed by atoms with E-state index in [4.69, 9.17) is 15.2 Å². The molecule has 10 heteroatoms. The van der Waals surface area contributed by atoms with Crippen molar-refractivity contribution in [3.05, 3.63) is 58.8 Å². The highest BCUT2D eigenvalue weighted by Crippen LogP contribution is 2.33. The Morgan fingerprint density at radius 2 is 1.83 bits per heavy atom. The minimum atomic E-state index is -0.346. The van der Waals surface area contributed by atoms with Gasteiger partial charge in [-0.1, -0.05) is 12.1 Å². The molecule has 3 rings (SSSR count). The lowest BCUT2D eigenvalue weighted by atomic mass is 10.2. The second-order valence-corrected chi connectivity index (χ2v) is 6.59. The number of anilines is 4. The first kappa shape index (κ1) is 20.2. The average Bonchev–Trinajstić information content (AvgIpc) is 2.74. The molecule has 0 fully saturated rings. The normalized spacial score (nSPS) is 10.2. The van der Waals surface area contributed by atoms with Gasteiger partial charge in [0.05, 0.1) is 25.5 Å². The smallest absolute Gasteiger partial charge is 0.270 e. The number of carbonyl (C=O) groups excluding carboxylic acids is 1. The molecule has 0 saturated carbocycles. The molecule has 5 N–H and O–H groups in total. The van der Waals surface area contributed by atoms with Gasteiger partial charge < -0.3 is 20.5 Å². The Bertz CT molecular complexity index is 1030. The second kappa shape index (κ2) is 9.11. The highest BCUT2D eigenvalue weighted by atomic mass is 79.9. The van der Waals surface area contributed by atoms with Gasteiger partial charge in [-0.25, -0.2) is 9.97 Å². The molecule has 0 aliphatic heterocycles.